The average Bonchev–Trinajstić information content (AvgIpc) is 2.65. The summed E-state index contributed by atoms with van der Waals surface area (Å²) in [5, 5.41) is 0. The standard InChI is InChI=1S/C20H23NO4/c1-14-9-15-10-18(23-2)19(24-3)11-16(15)12-21(14)20(22)13-25-17-7-5-4-6-8-17/h4-8,10-11,14H,9,12-13H2,1-3H3. The maximum absolute atomic E-state index is 12.6. The minimum Gasteiger partial charge on any atom is -0.493 e. The van der Waals surface area contributed by atoms with E-state index in [-0.39, 0.29) is 18.6 Å². The smallest absolute Gasteiger partial charge is 0.261 e. The van der Waals surface area contributed by atoms with E-state index in [0.717, 1.165) is 17.7 Å². The Labute approximate surface area is 148 Å². The zero-order valence-electron chi connectivity index (χ0n) is 14.8. The van der Waals surface area contributed by atoms with Crippen molar-refractivity contribution < 1.29 is 19.0 Å². The fraction of sp³-hybridized carbons (Fsp3) is 0.350. The summed E-state index contributed by atoms with van der Waals surface area (Å²) in [6.07, 6.45) is 0.784. The van der Waals surface area contributed by atoms with Gasteiger partial charge < -0.3 is 19.1 Å². The van der Waals surface area contributed by atoms with Gasteiger partial charge >= 0.3 is 0 Å². The molecule has 3 rings (SSSR count). The second-order valence-corrected chi connectivity index (χ2v) is 6.15. The Morgan fingerprint density at radius 2 is 1.72 bits per heavy atom. The first-order valence-electron chi connectivity index (χ1n) is 8.33. The second kappa shape index (κ2) is 7.47. The van der Waals surface area contributed by atoms with E-state index in [0.29, 0.717) is 18.0 Å². The van der Waals surface area contributed by atoms with Crippen molar-refractivity contribution in [1.29, 1.82) is 0 Å². The molecule has 1 atom stereocenters. The van der Waals surface area contributed by atoms with Crippen LogP contribution in [0.15, 0.2) is 42.5 Å². The number of carbonyl (C=O) groups excluding carboxylic acids is 1. The molecule has 0 aromatic heterocycles. The highest BCUT2D eigenvalue weighted by atomic mass is 16.5. The fourth-order valence-corrected chi connectivity index (χ4v) is 3.15. The number of hydrogen-bond donors (Lipinski definition) is 0. The van der Waals surface area contributed by atoms with E-state index in [1.807, 2.05) is 47.4 Å². The lowest BCUT2D eigenvalue weighted by Crippen LogP contribution is -2.44. The molecule has 0 radical (unpaired) electrons. The van der Waals surface area contributed by atoms with Crippen LogP contribution in [0.25, 0.3) is 0 Å². The largest absolute Gasteiger partial charge is 0.493 e. The van der Waals surface area contributed by atoms with Gasteiger partial charge in [-0.1, -0.05) is 18.2 Å². The first-order valence-corrected chi connectivity index (χ1v) is 8.33. The van der Waals surface area contributed by atoms with E-state index in [1.54, 1.807) is 14.2 Å². The Kier molecular flexibility index (Phi) is 5.12. The lowest BCUT2D eigenvalue weighted by molar-refractivity contribution is -0.136. The summed E-state index contributed by atoms with van der Waals surface area (Å²) >= 11 is 0. The molecule has 1 heterocycles. The third-order valence-corrected chi connectivity index (χ3v) is 4.52. The molecule has 5 heteroatoms. The molecule has 2 aromatic rings. The predicted octanol–water partition coefficient (Wildman–Crippen LogP) is 3.06. The Morgan fingerprint density at radius 1 is 1.08 bits per heavy atom. The van der Waals surface area contributed by atoms with Gasteiger partial charge in [0.2, 0.25) is 0 Å². The third kappa shape index (κ3) is 3.71. The Morgan fingerprint density at radius 3 is 2.36 bits per heavy atom. The zero-order valence-corrected chi connectivity index (χ0v) is 14.8. The fourth-order valence-electron chi connectivity index (χ4n) is 3.15. The summed E-state index contributed by atoms with van der Waals surface area (Å²) in [5.41, 5.74) is 2.28. The zero-order chi connectivity index (χ0) is 17.8. The molecular formula is C20H23NO4. The quantitative estimate of drug-likeness (QED) is 0.839. The third-order valence-electron chi connectivity index (χ3n) is 4.52. The molecule has 0 N–H and O–H groups in total. The molecular weight excluding hydrogens is 318 g/mol. The van der Waals surface area contributed by atoms with E-state index in [1.165, 1.54) is 5.56 Å². The summed E-state index contributed by atoms with van der Waals surface area (Å²) in [7, 11) is 3.25. The topological polar surface area (TPSA) is 48.0 Å². The van der Waals surface area contributed by atoms with Gasteiger partial charge in [-0.2, -0.15) is 0 Å². The molecule has 0 spiro atoms. The highest BCUT2D eigenvalue weighted by Crippen LogP contribution is 2.34. The number of ether oxygens (including phenoxy) is 3. The lowest BCUT2D eigenvalue weighted by atomic mass is 9.94. The van der Waals surface area contributed by atoms with Crippen molar-refractivity contribution in [3.63, 3.8) is 0 Å². The van der Waals surface area contributed by atoms with Crippen molar-refractivity contribution in [3.8, 4) is 17.2 Å². The van der Waals surface area contributed by atoms with E-state index in [9.17, 15) is 4.79 Å². The maximum atomic E-state index is 12.6. The van der Waals surface area contributed by atoms with Crippen LogP contribution in [0.3, 0.4) is 0 Å². The van der Waals surface area contributed by atoms with Crippen LogP contribution in [0.4, 0.5) is 0 Å². The number of hydrogen-bond acceptors (Lipinski definition) is 4. The molecule has 2 aromatic carbocycles. The highest BCUT2D eigenvalue weighted by molar-refractivity contribution is 5.78. The number of rotatable bonds is 5. The van der Waals surface area contributed by atoms with Crippen molar-refractivity contribution in [2.75, 3.05) is 20.8 Å². The van der Waals surface area contributed by atoms with Gasteiger partial charge in [0.05, 0.1) is 14.2 Å². The minimum atomic E-state index is -0.0169. The monoisotopic (exact) mass is 341 g/mol. The van der Waals surface area contributed by atoms with Gasteiger partial charge in [0.1, 0.15) is 5.75 Å². The van der Waals surface area contributed by atoms with Gasteiger partial charge in [0.15, 0.2) is 18.1 Å². The maximum Gasteiger partial charge on any atom is 0.261 e. The van der Waals surface area contributed by atoms with Gasteiger partial charge in [-0.3, -0.25) is 4.79 Å². The van der Waals surface area contributed by atoms with Crippen molar-refractivity contribution >= 4 is 5.91 Å². The molecule has 25 heavy (non-hydrogen) atoms. The van der Waals surface area contributed by atoms with Crippen LogP contribution in [0.1, 0.15) is 18.1 Å². The molecule has 0 aliphatic carbocycles. The number of amides is 1. The van der Waals surface area contributed by atoms with Gasteiger partial charge in [0, 0.05) is 12.6 Å². The highest BCUT2D eigenvalue weighted by Gasteiger charge is 2.28. The van der Waals surface area contributed by atoms with E-state index >= 15 is 0 Å². The molecule has 0 saturated carbocycles. The first kappa shape index (κ1) is 17.1. The molecule has 1 amide bonds. The Hall–Kier alpha value is -2.69. The van der Waals surface area contributed by atoms with Crippen molar-refractivity contribution in [3.05, 3.63) is 53.6 Å². The van der Waals surface area contributed by atoms with Gasteiger partial charge in [-0.05, 0) is 48.7 Å². The summed E-state index contributed by atoms with van der Waals surface area (Å²) in [5.74, 6) is 2.09. The number of nitrogens with zero attached hydrogens (tertiary/aromatic N) is 1. The molecule has 0 bridgehead atoms. The van der Waals surface area contributed by atoms with Crippen LogP contribution in [0.5, 0.6) is 17.2 Å². The van der Waals surface area contributed by atoms with Crippen molar-refractivity contribution in [2.24, 2.45) is 0 Å². The van der Waals surface area contributed by atoms with Crippen LogP contribution in [-0.4, -0.2) is 37.7 Å². The van der Waals surface area contributed by atoms with E-state index < -0.39 is 0 Å². The first-order chi connectivity index (χ1) is 12.1. The van der Waals surface area contributed by atoms with Crippen LogP contribution in [0, 0.1) is 0 Å². The normalized spacial score (nSPS) is 16.1. The molecule has 0 saturated heterocycles. The summed E-state index contributed by atoms with van der Waals surface area (Å²) in [6, 6.07) is 13.5. The number of carbonyl (C=O) groups is 1. The van der Waals surface area contributed by atoms with Crippen LogP contribution in [-0.2, 0) is 17.8 Å². The number of para-hydroxylation sites is 1. The molecule has 0 fully saturated rings. The SMILES string of the molecule is COc1cc2c(cc1OC)CN(C(=O)COc1ccccc1)C(C)C2. The Bertz CT molecular complexity index is 745. The van der Waals surface area contributed by atoms with Crippen molar-refractivity contribution in [1.82, 2.24) is 4.90 Å². The number of fused-ring (bicyclic) bond motifs is 1. The van der Waals surface area contributed by atoms with Crippen LogP contribution < -0.4 is 14.2 Å². The molecule has 1 aliphatic rings. The Balaban J connectivity index is 1.73. The summed E-state index contributed by atoms with van der Waals surface area (Å²) in [6.45, 7) is 2.64. The van der Waals surface area contributed by atoms with Crippen molar-refractivity contribution in [2.45, 2.75) is 25.9 Å². The molecule has 1 aliphatic heterocycles. The summed E-state index contributed by atoms with van der Waals surface area (Å²) < 4.78 is 16.4. The van der Waals surface area contributed by atoms with Crippen LogP contribution >= 0.6 is 0 Å². The molecule has 132 valence electrons. The number of methoxy groups -OCH3 is 2. The molecule has 5 nitrogen and oxygen atoms in total. The van der Waals surface area contributed by atoms with Gasteiger partial charge in [0.25, 0.3) is 5.91 Å². The summed E-state index contributed by atoms with van der Waals surface area (Å²) in [4.78, 5) is 14.5. The van der Waals surface area contributed by atoms with E-state index in [2.05, 4.69) is 6.92 Å². The van der Waals surface area contributed by atoms with Crippen LogP contribution in [0.2, 0.25) is 0 Å². The second-order valence-electron chi connectivity index (χ2n) is 6.15. The van der Waals surface area contributed by atoms with Gasteiger partial charge in [-0.25, -0.2) is 0 Å². The van der Waals surface area contributed by atoms with E-state index in [4.69, 9.17) is 14.2 Å². The predicted molar refractivity (Wildman–Crippen MR) is 95.2 cm³/mol. The van der Waals surface area contributed by atoms with Gasteiger partial charge in [-0.15, -0.1) is 0 Å². The average molecular weight is 341 g/mol. The lowest BCUT2D eigenvalue weighted by Gasteiger charge is -2.35. The number of benzene rings is 2. The molecule has 1 unspecified atom stereocenters. The minimum absolute atomic E-state index is 0.0169.